The summed E-state index contributed by atoms with van der Waals surface area (Å²) in [5.41, 5.74) is 6.35. The van der Waals surface area contributed by atoms with E-state index in [1.54, 1.807) is 13.8 Å². The first kappa shape index (κ1) is 28.5. The van der Waals surface area contributed by atoms with Gasteiger partial charge in [-0.2, -0.15) is 0 Å². The SMILES string of the molecule is CCC(C)C(NC(=O)C(NC(=O)C(CC(=O)O)NC(=O)C(N)Cc1cnc[nH]1)C(C)O)C(=O)O. The quantitative estimate of drug-likeness (QED) is 0.141. The van der Waals surface area contributed by atoms with Crippen molar-refractivity contribution in [3.8, 4) is 0 Å². The molecule has 190 valence electrons. The van der Waals surface area contributed by atoms with Crippen LogP contribution < -0.4 is 21.7 Å². The first-order valence-electron chi connectivity index (χ1n) is 10.6. The van der Waals surface area contributed by atoms with Crippen LogP contribution >= 0.6 is 0 Å². The number of carbonyl (C=O) groups excluding carboxylic acids is 3. The van der Waals surface area contributed by atoms with Crippen molar-refractivity contribution >= 4 is 29.7 Å². The molecule has 6 unspecified atom stereocenters. The van der Waals surface area contributed by atoms with Gasteiger partial charge < -0.3 is 42.0 Å². The number of nitrogens with zero attached hydrogens (tertiary/aromatic N) is 1. The van der Waals surface area contributed by atoms with Crippen LogP contribution in [0.1, 0.15) is 39.3 Å². The van der Waals surface area contributed by atoms with E-state index in [9.17, 15) is 34.2 Å². The number of amides is 3. The summed E-state index contributed by atoms with van der Waals surface area (Å²) in [5, 5.41) is 35.2. The molecule has 9 N–H and O–H groups in total. The number of carbonyl (C=O) groups is 5. The number of carboxylic acid groups (broad SMARTS) is 2. The minimum Gasteiger partial charge on any atom is -0.481 e. The predicted molar refractivity (Wildman–Crippen MR) is 117 cm³/mol. The first-order valence-corrected chi connectivity index (χ1v) is 10.6. The number of H-pyrrole nitrogens is 1. The molecular weight excluding hydrogens is 452 g/mol. The van der Waals surface area contributed by atoms with Crippen molar-refractivity contribution < 1.29 is 39.3 Å². The van der Waals surface area contributed by atoms with Crippen molar-refractivity contribution in [2.75, 3.05) is 0 Å². The van der Waals surface area contributed by atoms with E-state index in [2.05, 4.69) is 25.9 Å². The Bertz CT molecular complexity index is 859. The van der Waals surface area contributed by atoms with Gasteiger partial charge in [-0.15, -0.1) is 0 Å². The summed E-state index contributed by atoms with van der Waals surface area (Å²) in [6.45, 7) is 4.53. The number of aromatic nitrogens is 2. The van der Waals surface area contributed by atoms with Gasteiger partial charge in [0.15, 0.2) is 0 Å². The highest BCUT2D eigenvalue weighted by Crippen LogP contribution is 2.09. The van der Waals surface area contributed by atoms with E-state index in [-0.39, 0.29) is 6.42 Å². The molecule has 0 spiro atoms. The lowest BCUT2D eigenvalue weighted by atomic mass is 9.98. The van der Waals surface area contributed by atoms with Crippen LogP contribution in [0.25, 0.3) is 0 Å². The number of imidazole rings is 1. The van der Waals surface area contributed by atoms with Gasteiger partial charge in [0.1, 0.15) is 18.1 Å². The van der Waals surface area contributed by atoms with Crippen molar-refractivity contribution in [1.82, 2.24) is 25.9 Å². The van der Waals surface area contributed by atoms with E-state index >= 15 is 0 Å². The number of nitrogens with one attached hydrogen (secondary N) is 4. The number of aliphatic carboxylic acids is 2. The molecular formula is C20H32N6O8. The molecule has 1 heterocycles. The average molecular weight is 485 g/mol. The molecule has 0 saturated heterocycles. The molecule has 14 nitrogen and oxygen atoms in total. The fourth-order valence-electron chi connectivity index (χ4n) is 2.97. The summed E-state index contributed by atoms with van der Waals surface area (Å²) >= 11 is 0. The Morgan fingerprint density at radius 3 is 2.12 bits per heavy atom. The van der Waals surface area contributed by atoms with Crippen LogP contribution in [0.15, 0.2) is 12.5 Å². The highest BCUT2D eigenvalue weighted by molar-refractivity contribution is 5.95. The third kappa shape index (κ3) is 8.78. The lowest BCUT2D eigenvalue weighted by molar-refractivity contribution is -0.145. The van der Waals surface area contributed by atoms with Gasteiger partial charge in [0, 0.05) is 18.3 Å². The number of hydrogen-bond acceptors (Lipinski definition) is 8. The minimum atomic E-state index is -1.61. The zero-order chi connectivity index (χ0) is 26.0. The van der Waals surface area contributed by atoms with E-state index in [0.717, 1.165) is 0 Å². The van der Waals surface area contributed by atoms with Gasteiger partial charge in [-0.3, -0.25) is 19.2 Å². The molecule has 0 aliphatic rings. The second-order valence-corrected chi connectivity index (χ2v) is 7.98. The van der Waals surface area contributed by atoms with Gasteiger partial charge in [-0.1, -0.05) is 20.3 Å². The van der Waals surface area contributed by atoms with Crippen LogP contribution in [0.2, 0.25) is 0 Å². The summed E-state index contributed by atoms with van der Waals surface area (Å²) in [6.07, 6.45) is 1.03. The first-order chi connectivity index (χ1) is 15.9. The summed E-state index contributed by atoms with van der Waals surface area (Å²) < 4.78 is 0. The van der Waals surface area contributed by atoms with Gasteiger partial charge in [0.2, 0.25) is 17.7 Å². The fraction of sp³-hybridized carbons (Fsp3) is 0.600. The topological polar surface area (TPSA) is 237 Å². The maximum absolute atomic E-state index is 12.7. The van der Waals surface area contributed by atoms with Crippen molar-refractivity contribution in [2.45, 2.75) is 70.3 Å². The van der Waals surface area contributed by atoms with Crippen LogP contribution in [0.5, 0.6) is 0 Å². The van der Waals surface area contributed by atoms with E-state index in [1.165, 1.54) is 19.4 Å². The molecule has 0 saturated carbocycles. The molecule has 3 amide bonds. The fourth-order valence-corrected chi connectivity index (χ4v) is 2.97. The second-order valence-electron chi connectivity index (χ2n) is 7.98. The van der Waals surface area contributed by atoms with Gasteiger partial charge in [-0.05, 0) is 12.8 Å². The lowest BCUT2D eigenvalue weighted by Gasteiger charge is -2.27. The molecule has 0 radical (unpaired) electrons. The molecule has 0 bridgehead atoms. The van der Waals surface area contributed by atoms with Crippen LogP contribution in [-0.2, 0) is 30.4 Å². The number of rotatable bonds is 14. The van der Waals surface area contributed by atoms with Crippen LogP contribution in [-0.4, -0.2) is 85.2 Å². The highest BCUT2D eigenvalue weighted by Gasteiger charge is 2.34. The third-order valence-electron chi connectivity index (χ3n) is 5.18. The van der Waals surface area contributed by atoms with E-state index < -0.39 is 72.3 Å². The van der Waals surface area contributed by atoms with E-state index in [1.807, 2.05) is 0 Å². The Labute approximate surface area is 195 Å². The number of aliphatic hydroxyl groups excluding tert-OH is 1. The van der Waals surface area contributed by atoms with Gasteiger partial charge >= 0.3 is 11.9 Å². The van der Waals surface area contributed by atoms with Crippen molar-refractivity contribution in [2.24, 2.45) is 11.7 Å². The Morgan fingerprint density at radius 2 is 1.65 bits per heavy atom. The third-order valence-corrected chi connectivity index (χ3v) is 5.18. The largest absolute Gasteiger partial charge is 0.481 e. The van der Waals surface area contributed by atoms with Gasteiger partial charge in [-0.25, -0.2) is 9.78 Å². The molecule has 0 aliphatic carbocycles. The minimum absolute atomic E-state index is 0.0398. The lowest BCUT2D eigenvalue weighted by Crippen LogP contribution is -2.60. The monoisotopic (exact) mass is 484 g/mol. The van der Waals surface area contributed by atoms with Crippen molar-refractivity contribution in [3.63, 3.8) is 0 Å². The van der Waals surface area contributed by atoms with Crippen LogP contribution in [0.3, 0.4) is 0 Å². The standard InChI is InChI=1S/C20H32N6O8/c1-4-9(2)15(20(33)34)25-19(32)16(10(3)27)26-18(31)13(6-14(28)29)24-17(30)12(21)5-11-7-22-8-23-11/h7-10,12-13,15-16,27H,4-6,21H2,1-3H3,(H,22,23)(H,24,30)(H,25,32)(H,26,31)(H,28,29)(H,33,34). The second kappa shape index (κ2) is 13.3. The summed E-state index contributed by atoms with van der Waals surface area (Å²) in [6, 6.07) is -5.63. The zero-order valence-corrected chi connectivity index (χ0v) is 19.1. The molecule has 1 rings (SSSR count). The van der Waals surface area contributed by atoms with E-state index in [4.69, 9.17) is 10.8 Å². The Balaban J connectivity index is 2.94. The molecule has 1 aromatic rings. The van der Waals surface area contributed by atoms with Gasteiger partial charge in [0.25, 0.3) is 0 Å². The number of aliphatic hydroxyl groups is 1. The number of aromatic amines is 1. The molecule has 1 aromatic heterocycles. The molecule has 0 fully saturated rings. The summed E-state index contributed by atoms with van der Waals surface area (Å²) in [7, 11) is 0. The summed E-state index contributed by atoms with van der Waals surface area (Å²) in [5.74, 6) is -6.02. The number of carboxylic acids is 2. The molecule has 0 aliphatic heterocycles. The predicted octanol–water partition coefficient (Wildman–Crippen LogP) is -2.28. The van der Waals surface area contributed by atoms with Crippen LogP contribution in [0, 0.1) is 5.92 Å². The van der Waals surface area contributed by atoms with E-state index in [0.29, 0.717) is 12.1 Å². The Morgan fingerprint density at radius 1 is 1.03 bits per heavy atom. The molecule has 0 aromatic carbocycles. The zero-order valence-electron chi connectivity index (χ0n) is 19.1. The van der Waals surface area contributed by atoms with Crippen LogP contribution in [0.4, 0.5) is 0 Å². The summed E-state index contributed by atoms with van der Waals surface area (Å²) in [4.78, 5) is 67.0. The van der Waals surface area contributed by atoms with Crippen molar-refractivity contribution in [1.29, 1.82) is 0 Å². The number of nitrogens with two attached hydrogens (primary N) is 1. The smallest absolute Gasteiger partial charge is 0.326 e. The normalized spacial score (nSPS) is 16.3. The molecule has 6 atom stereocenters. The van der Waals surface area contributed by atoms with Crippen molar-refractivity contribution in [3.05, 3.63) is 18.2 Å². The Hall–Kier alpha value is -3.52. The molecule has 34 heavy (non-hydrogen) atoms. The Kier molecular flexibility index (Phi) is 11.1. The average Bonchev–Trinajstić information content (AvgIpc) is 3.26. The highest BCUT2D eigenvalue weighted by atomic mass is 16.4. The van der Waals surface area contributed by atoms with Gasteiger partial charge in [0.05, 0.1) is 24.9 Å². The number of hydrogen-bond donors (Lipinski definition) is 8. The maximum Gasteiger partial charge on any atom is 0.326 e. The maximum atomic E-state index is 12.7. The molecule has 14 heteroatoms.